The monoisotopic (exact) mass is 435 g/mol. The SMILES string of the molecule is O=C(NCc1ccc(N2CCCC2)cc1)c1ccc(NS(=O)(=O)c2ccccc2)cc1. The normalized spacial score (nSPS) is 13.7. The minimum atomic E-state index is -3.66. The molecule has 0 saturated carbocycles. The van der Waals surface area contributed by atoms with Gasteiger partial charge >= 0.3 is 0 Å². The molecule has 6 nitrogen and oxygen atoms in total. The molecule has 1 aliphatic heterocycles. The average Bonchev–Trinajstić information content (AvgIpc) is 3.34. The van der Waals surface area contributed by atoms with Crippen LogP contribution in [0.25, 0.3) is 0 Å². The number of benzene rings is 3. The zero-order chi connectivity index (χ0) is 21.7. The highest BCUT2D eigenvalue weighted by molar-refractivity contribution is 7.92. The summed E-state index contributed by atoms with van der Waals surface area (Å²) < 4.78 is 27.3. The molecule has 7 heteroatoms. The zero-order valence-corrected chi connectivity index (χ0v) is 17.9. The molecule has 3 aromatic rings. The van der Waals surface area contributed by atoms with E-state index in [1.54, 1.807) is 42.5 Å². The van der Waals surface area contributed by atoms with Crippen molar-refractivity contribution >= 4 is 27.3 Å². The topological polar surface area (TPSA) is 78.5 Å². The van der Waals surface area contributed by atoms with Crippen LogP contribution in [0, 0.1) is 0 Å². The number of rotatable bonds is 7. The molecule has 3 aromatic carbocycles. The molecule has 0 atom stereocenters. The molecule has 1 amide bonds. The van der Waals surface area contributed by atoms with Crippen LogP contribution in [0.2, 0.25) is 0 Å². The van der Waals surface area contributed by atoms with E-state index in [0.29, 0.717) is 17.8 Å². The predicted molar refractivity (Wildman–Crippen MR) is 123 cm³/mol. The quantitative estimate of drug-likeness (QED) is 0.588. The fraction of sp³-hybridized carbons (Fsp3) is 0.208. The number of carbonyl (C=O) groups excluding carboxylic acids is 1. The number of hydrogen-bond acceptors (Lipinski definition) is 4. The lowest BCUT2D eigenvalue weighted by Gasteiger charge is -2.17. The summed E-state index contributed by atoms with van der Waals surface area (Å²) in [6, 6.07) is 22.8. The van der Waals surface area contributed by atoms with E-state index in [9.17, 15) is 13.2 Å². The number of amides is 1. The second-order valence-corrected chi connectivity index (χ2v) is 9.22. The van der Waals surface area contributed by atoms with Crippen LogP contribution >= 0.6 is 0 Å². The first kappa shape index (κ1) is 20.9. The van der Waals surface area contributed by atoms with Gasteiger partial charge in [0, 0.05) is 36.6 Å². The van der Waals surface area contributed by atoms with Crippen LogP contribution in [0.1, 0.15) is 28.8 Å². The van der Waals surface area contributed by atoms with E-state index in [1.807, 2.05) is 12.1 Å². The number of hydrogen-bond donors (Lipinski definition) is 2. The van der Waals surface area contributed by atoms with Gasteiger partial charge in [0.25, 0.3) is 15.9 Å². The van der Waals surface area contributed by atoms with Crippen molar-refractivity contribution in [3.05, 3.63) is 90.0 Å². The molecule has 0 bridgehead atoms. The molecular formula is C24H25N3O3S. The lowest BCUT2D eigenvalue weighted by Crippen LogP contribution is -2.23. The number of carbonyl (C=O) groups is 1. The Morgan fingerprint density at radius 2 is 1.48 bits per heavy atom. The smallest absolute Gasteiger partial charge is 0.261 e. The lowest BCUT2D eigenvalue weighted by molar-refractivity contribution is 0.0951. The minimum Gasteiger partial charge on any atom is -0.372 e. The van der Waals surface area contributed by atoms with E-state index in [2.05, 4.69) is 27.1 Å². The molecule has 1 heterocycles. The van der Waals surface area contributed by atoms with Crippen LogP contribution in [-0.4, -0.2) is 27.4 Å². The highest BCUT2D eigenvalue weighted by atomic mass is 32.2. The summed E-state index contributed by atoms with van der Waals surface area (Å²) in [6.45, 7) is 2.64. The van der Waals surface area contributed by atoms with Crippen molar-refractivity contribution in [2.45, 2.75) is 24.3 Å². The van der Waals surface area contributed by atoms with E-state index >= 15 is 0 Å². The Bertz CT molecular complexity index is 1120. The molecule has 0 spiro atoms. The van der Waals surface area contributed by atoms with Crippen LogP contribution in [0.3, 0.4) is 0 Å². The maximum absolute atomic E-state index is 12.5. The predicted octanol–water partition coefficient (Wildman–Crippen LogP) is 4.02. The molecule has 0 aliphatic carbocycles. The third-order valence-electron chi connectivity index (χ3n) is 5.31. The molecule has 1 saturated heterocycles. The van der Waals surface area contributed by atoms with E-state index in [1.165, 1.54) is 30.7 Å². The largest absolute Gasteiger partial charge is 0.372 e. The maximum atomic E-state index is 12.5. The third kappa shape index (κ3) is 5.24. The van der Waals surface area contributed by atoms with Gasteiger partial charge in [-0.2, -0.15) is 0 Å². The molecular weight excluding hydrogens is 410 g/mol. The van der Waals surface area contributed by atoms with Gasteiger partial charge in [-0.25, -0.2) is 8.42 Å². The fourth-order valence-electron chi connectivity index (χ4n) is 3.59. The highest BCUT2D eigenvalue weighted by Crippen LogP contribution is 2.20. The second-order valence-electron chi connectivity index (χ2n) is 7.54. The summed E-state index contributed by atoms with van der Waals surface area (Å²) >= 11 is 0. The van der Waals surface area contributed by atoms with Gasteiger partial charge in [0.15, 0.2) is 0 Å². The summed E-state index contributed by atoms with van der Waals surface area (Å²) in [7, 11) is -3.66. The second kappa shape index (κ2) is 9.22. The van der Waals surface area contributed by atoms with E-state index < -0.39 is 10.0 Å². The van der Waals surface area contributed by atoms with Crippen molar-refractivity contribution in [2.24, 2.45) is 0 Å². The highest BCUT2D eigenvalue weighted by Gasteiger charge is 2.14. The van der Waals surface area contributed by atoms with Crippen LogP contribution in [0.5, 0.6) is 0 Å². The molecule has 1 aliphatic rings. The van der Waals surface area contributed by atoms with Gasteiger partial charge in [-0.05, 0) is 66.9 Å². The number of sulfonamides is 1. The van der Waals surface area contributed by atoms with Gasteiger partial charge in [0.05, 0.1) is 4.90 Å². The summed E-state index contributed by atoms with van der Waals surface area (Å²) in [5.74, 6) is -0.207. The molecule has 0 unspecified atom stereocenters. The zero-order valence-electron chi connectivity index (χ0n) is 17.1. The van der Waals surface area contributed by atoms with Crippen LogP contribution < -0.4 is 14.9 Å². The van der Waals surface area contributed by atoms with Gasteiger partial charge in [0.2, 0.25) is 0 Å². The Hall–Kier alpha value is -3.32. The minimum absolute atomic E-state index is 0.188. The van der Waals surface area contributed by atoms with Crippen LogP contribution in [0.4, 0.5) is 11.4 Å². The molecule has 2 N–H and O–H groups in total. The molecule has 4 rings (SSSR count). The van der Waals surface area contributed by atoms with Gasteiger partial charge in [0.1, 0.15) is 0 Å². The lowest BCUT2D eigenvalue weighted by atomic mass is 10.1. The molecule has 31 heavy (non-hydrogen) atoms. The summed E-state index contributed by atoms with van der Waals surface area (Å²) in [5.41, 5.74) is 3.12. The maximum Gasteiger partial charge on any atom is 0.261 e. The van der Waals surface area contributed by atoms with Gasteiger partial charge in [-0.15, -0.1) is 0 Å². The Balaban J connectivity index is 1.33. The number of nitrogens with one attached hydrogen (secondary N) is 2. The molecule has 0 aromatic heterocycles. The Labute approximate surface area is 183 Å². The molecule has 0 radical (unpaired) electrons. The summed E-state index contributed by atoms with van der Waals surface area (Å²) in [4.78, 5) is 15.0. The Morgan fingerprint density at radius 3 is 2.13 bits per heavy atom. The van der Waals surface area contributed by atoms with Gasteiger partial charge < -0.3 is 10.2 Å². The van der Waals surface area contributed by atoms with E-state index in [-0.39, 0.29) is 10.8 Å². The summed E-state index contributed by atoms with van der Waals surface area (Å²) in [6.07, 6.45) is 2.48. The van der Waals surface area contributed by atoms with E-state index in [4.69, 9.17) is 0 Å². The van der Waals surface area contributed by atoms with Crippen molar-refractivity contribution < 1.29 is 13.2 Å². The van der Waals surface area contributed by atoms with Crippen LogP contribution in [-0.2, 0) is 16.6 Å². The van der Waals surface area contributed by atoms with Crippen molar-refractivity contribution in [3.8, 4) is 0 Å². The van der Waals surface area contributed by atoms with Crippen molar-refractivity contribution in [1.82, 2.24) is 5.32 Å². The first-order valence-electron chi connectivity index (χ1n) is 10.3. The average molecular weight is 436 g/mol. The van der Waals surface area contributed by atoms with Crippen molar-refractivity contribution in [2.75, 3.05) is 22.7 Å². The summed E-state index contributed by atoms with van der Waals surface area (Å²) in [5, 5.41) is 2.91. The molecule has 160 valence electrons. The first-order chi connectivity index (χ1) is 15.0. The Morgan fingerprint density at radius 1 is 0.839 bits per heavy atom. The van der Waals surface area contributed by atoms with Crippen molar-refractivity contribution in [1.29, 1.82) is 0 Å². The third-order valence-corrected chi connectivity index (χ3v) is 6.71. The fourth-order valence-corrected chi connectivity index (χ4v) is 4.67. The van der Waals surface area contributed by atoms with Crippen molar-refractivity contribution in [3.63, 3.8) is 0 Å². The molecule has 1 fully saturated rings. The van der Waals surface area contributed by atoms with Gasteiger partial charge in [-0.3, -0.25) is 9.52 Å². The Kier molecular flexibility index (Phi) is 6.23. The van der Waals surface area contributed by atoms with Gasteiger partial charge in [-0.1, -0.05) is 30.3 Å². The number of nitrogens with zero attached hydrogens (tertiary/aromatic N) is 1. The van der Waals surface area contributed by atoms with Crippen LogP contribution in [0.15, 0.2) is 83.8 Å². The standard InChI is InChI=1S/C24H25N3O3S/c28-24(25-18-19-8-14-22(15-9-19)27-16-4-5-17-27)20-10-12-21(13-11-20)26-31(29,30)23-6-2-1-3-7-23/h1-3,6-15,26H,4-5,16-18H2,(H,25,28). The number of anilines is 2. The van der Waals surface area contributed by atoms with E-state index in [0.717, 1.165) is 18.7 Å². The first-order valence-corrected chi connectivity index (χ1v) is 11.8.